The van der Waals surface area contributed by atoms with Gasteiger partial charge < -0.3 is 16.0 Å². The first-order valence-corrected chi connectivity index (χ1v) is 14.9. The Morgan fingerprint density at radius 1 is 0.974 bits per heavy atom. The number of benzene rings is 3. The highest BCUT2D eigenvalue weighted by Gasteiger charge is 2.23. The van der Waals surface area contributed by atoms with E-state index in [0.29, 0.717) is 12.5 Å². The third-order valence-corrected chi connectivity index (χ3v) is 8.50. The lowest BCUT2D eigenvalue weighted by molar-refractivity contribution is 0.310. The highest BCUT2D eigenvalue weighted by molar-refractivity contribution is 6.00. The molecule has 3 N–H and O–H groups in total. The van der Waals surface area contributed by atoms with Crippen LogP contribution in [0.3, 0.4) is 0 Å². The molecule has 0 radical (unpaired) electrons. The van der Waals surface area contributed by atoms with E-state index < -0.39 is 0 Å². The van der Waals surface area contributed by atoms with Crippen molar-refractivity contribution >= 4 is 22.5 Å². The van der Waals surface area contributed by atoms with Crippen molar-refractivity contribution in [2.45, 2.75) is 71.3 Å². The van der Waals surface area contributed by atoms with Gasteiger partial charge in [-0.25, -0.2) is 0 Å². The summed E-state index contributed by atoms with van der Waals surface area (Å²) in [6, 6.07) is 23.0. The van der Waals surface area contributed by atoms with Crippen molar-refractivity contribution < 1.29 is 4.39 Å². The van der Waals surface area contributed by atoms with Crippen molar-refractivity contribution in [3.63, 3.8) is 0 Å². The van der Waals surface area contributed by atoms with Gasteiger partial charge in [-0.05, 0) is 121 Å². The minimum atomic E-state index is -0.230. The zero-order chi connectivity index (χ0) is 27.2. The summed E-state index contributed by atoms with van der Waals surface area (Å²) in [7, 11) is 0. The molecular weight excluding hydrogens is 481 g/mol. The second-order valence-corrected chi connectivity index (χ2v) is 11.4. The van der Waals surface area contributed by atoms with E-state index in [9.17, 15) is 4.39 Å². The van der Waals surface area contributed by atoms with Crippen molar-refractivity contribution in [2.24, 2.45) is 0 Å². The fraction of sp³-hybridized carbons (Fsp3) is 0.429. The molecule has 4 heteroatoms. The molecular formula is C35H44FN3. The number of allylic oxidation sites excluding steroid dienone is 1. The molecule has 1 heterocycles. The Kier molecular flexibility index (Phi) is 9.03. The van der Waals surface area contributed by atoms with Crippen LogP contribution in [0.5, 0.6) is 0 Å². The number of anilines is 2. The summed E-state index contributed by atoms with van der Waals surface area (Å²) in [6.45, 7) is 7.16. The van der Waals surface area contributed by atoms with Crippen LogP contribution < -0.4 is 11.1 Å². The summed E-state index contributed by atoms with van der Waals surface area (Å²) < 4.78 is 12.6. The van der Waals surface area contributed by atoms with Gasteiger partial charge in [0.25, 0.3) is 0 Å². The van der Waals surface area contributed by atoms with E-state index in [1.54, 1.807) is 0 Å². The van der Waals surface area contributed by atoms with E-state index in [-0.39, 0.29) is 6.67 Å². The number of alkyl halides is 1. The van der Waals surface area contributed by atoms with Gasteiger partial charge in [-0.15, -0.1) is 0 Å². The molecule has 3 aromatic rings. The first-order chi connectivity index (χ1) is 19.1. The number of nitrogens with two attached hydrogens (primary N) is 1. The van der Waals surface area contributed by atoms with Crippen LogP contribution in [0.4, 0.5) is 15.8 Å². The molecule has 1 unspecified atom stereocenters. The molecule has 0 amide bonds. The molecule has 1 atom stereocenters. The van der Waals surface area contributed by atoms with Crippen molar-refractivity contribution in [2.75, 3.05) is 37.4 Å². The predicted molar refractivity (Wildman–Crippen MR) is 165 cm³/mol. The number of nitrogens with one attached hydrogen (secondary N) is 1. The molecule has 0 saturated carbocycles. The fourth-order valence-electron chi connectivity index (χ4n) is 6.33. The topological polar surface area (TPSA) is 41.3 Å². The van der Waals surface area contributed by atoms with Gasteiger partial charge in [0.2, 0.25) is 0 Å². The molecule has 1 aliphatic heterocycles. The number of unbranched alkanes of at least 4 members (excludes halogenated alkanes) is 1. The summed E-state index contributed by atoms with van der Waals surface area (Å²) in [5.41, 5.74) is 19.1. The van der Waals surface area contributed by atoms with E-state index in [1.165, 1.54) is 57.4 Å². The van der Waals surface area contributed by atoms with Crippen LogP contribution in [0.1, 0.15) is 78.8 Å². The molecule has 0 spiro atoms. The predicted octanol–water partition coefficient (Wildman–Crippen LogP) is 8.06. The highest BCUT2D eigenvalue weighted by atomic mass is 19.1. The Morgan fingerprint density at radius 3 is 2.59 bits per heavy atom. The summed E-state index contributed by atoms with van der Waals surface area (Å²) in [5, 5.41) is 3.72. The van der Waals surface area contributed by atoms with Gasteiger partial charge >= 0.3 is 0 Å². The SMILES string of the molecule is CCCCc1cc(C2=C(c3ccc(NC4CCN(CCCF)C4)cc3)c3ccc(N)cc3CCC2)ccc1C. The van der Waals surface area contributed by atoms with E-state index in [2.05, 4.69) is 78.7 Å². The Balaban J connectivity index is 1.49. The van der Waals surface area contributed by atoms with Gasteiger partial charge in [0, 0.05) is 37.1 Å². The lowest BCUT2D eigenvalue weighted by atomic mass is 9.86. The maximum Gasteiger partial charge on any atom is 0.0906 e. The average molecular weight is 526 g/mol. The molecule has 2 aliphatic rings. The molecule has 0 bridgehead atoms. The first kappa shape index (κ1) is 27.5. The monoisotopic (exact) mass is 525 g/mol. The second kappa shape index (κ2) is 12.8. The molecule has 5 rings (SSSR count). The molecule has 1 fully saturated rings. The van der Waals surface area contributed by atoms with Gasteiger partial charge in [0.05, 0.1) is 6.67 Å². The van der Waals surface area contributed by atoms with E-state index in [0.717, 1.165) is 63.1 Å². The van der Waals surface area contributed by atoms with Crippen LogP contribution in [0.15, 0.2) is 60.7 Å². The zero-order valence-corrected chi connectivity index (χ0v) is 23.7. The highest BCUT2D eigenvalue weighted by Crippen LogP contribution is 2.41. The number of fused-ring (bicyclic) bond motifs is 1. The normalized spacial score (nSPS) is 17.8. The number of nitrogen functional groups attached to an aromatic ring is 1. The molecule has 3 nitrogen and oxygen atoms in total. The Hall–Kier alpha value is -3.11. The number of nitrogens with zero attached hydrogens (tertiary/aromatic N) is 1. The molecule has 1 aliphatic carbocycles. The smallest absolute Gasteiger partial charge is 0.0906 e. The largest absolute Gasteiger partial charge is 0.399 e. The van der Waals surface area contributed by atoms with E-state index >= 15 is 0 Å². The fourth-order valence-corrected chi connectivity index (χ4v) is 6.33. The van der Waals surface area contributed by atoms with Crippen molar-refractivity contribution in [1.29, 1.82) is 0 Å². The zero-order valence-electron chi connectivity index (χ0n) is 23.7. The maximum atomic E-state index is 12.6. The second-order valence-electron chi connectivity index (χ2n) is 11.4. The summed E-state index contributed by atoms with van der Waals surface area (Å²) in [5.74, 6) is 0. The van der Waals surface area contributed by atoms with Gasteiger partial charge in [0.15, 0.2) is 0 Å². The van der Waals surface area contributed by atoms with Crippen molar-refractivity contribution in [3.8, 4) is 0 Å². The number of aryl methyl sites for hydroxylation is 3. The molecule has 206 valence electrons. The number of hydrogen-bond donors (Lipinski definition) is 2. The van der Waals surface area contributed by atoms with Crippen LogP contribution in [0, 0.1) is 6.92 Å². The van der Waals surface area contributed by atoms with Crippen LogP contribution in [-0.4, -0.2) is 37.3 Å². The average Bonchev–Trinajstić information content (AvgIpc) is 3.30. The number of halogens is 1. The van der Waals surface area contributed by atoms with Gasteiger partial charge in [0.1, 0.15) is 0 Å². The molecule has 1 saturated heterocycles. The van der Waals surface area contributed by atoms with Crippen LogP contribution in [0.2, 0.25) is 0 Å². The van der Waals surface area contributed by atoms with E-state index in [4.69, 9.17) is 5.73 Å². The molecule has 0 aromatic heterocycles. The van der Waals surface area contributed by atoms with Crippen molar-refractivity contribution in [1.82, 2.24) is 4.90 Å². The number of rotatable bonds is 10. The standard InChI is InChI=1S/C35H44FN3/c1-3-4-7-27-22-29(11-10-25(27)2)33-9-5-8-28-23-30(37)14-17-34(28)35(33)26-12-15-31(16-13-26)38-32-18-21-39(24-32)20-6-19-36/h10-17,22-23,32,38H,3-9,18-21,24,37H2,1-2H3. The minimum Gasteiger partial charge on any atom is -0.399 e. The van der Waals surface area contributed by atoms with Crippen LogP contribution in [0.25, 0.3) is 11.1 Å². The number of likely N-dealkylation sites (tertiary alicyclic amines) is 1. The summed E-state index contributed by atoms with van der Waals surface area (Å²) >= 11 is 0. The Bertz CT molecular complexity index is 1290. The maximum absolute atomic E-state index is 12.6. The van der Waals surface area contributed by atoms with Gasteiger partial charge in [-0.1, -0.05) is 49.7 Å². The van der Waals surface area contributed by atoms with Gasteiger partial charge in [-0.2, -0.15) is 0 Å². The summed E-state index contributed by atoms with van der Waals surface area (Å²) in [4.78, 5) is 2.37. The van der Waals surface area contributed by atoms with E-state index in [1.807, 2.05) is 6.07 Å². The Labute approximate surface area is 234 Å². The lowest BCUT2D eigenvalue weighted by Gasteiger charge is -2.19. The third kappa shape index (κ3) is 6.55. The van der Waals surface area contributed by atoms with Crippen LogP contribution >= 0.6 is 0 Å². The van der Waals surface area contributed by atoms with Gasteiger partial charge in [-0.3, -0.25) is 4.39 Å². The third-order valence-electron chi connectivity index (χ3n) is 8.50. The Morgan fingerprint density at radius 2 is 1.79 bits per heavy atom. The molecule has 3 aromatic carbocycles. The molecule has 39 heavy (non-hydrogen) atoms. The van der Waals surface area contributed by atoms with Crippen molar-refractivity contribution in [3.05, 3.63) is 94.0 Å². The van der Waals surface area contributed by atoms with Crippen LogP contribution in [-0.2, 0) is 12.8 Å². The number of hydrogen-bond acceptors (Lipinski definition) is 3. The quantitative estimate of drug-likeness (QED) is 0.263. The first-order valence-electron chi connectivity index (χ1n) is 14.9. The minimum absolute atomic E-state index is 0.230. The summed E-state index contributed by atoms with van der Waals surface area (Å²) in [6.07, 6.45) is 8.52. The lowest BCUT2D eigenvalue weighted by Crippen LogP contribution is -2.27.